The summed E-state index contributed by atoms with van der Waals surface area (Å²) < 4.78 is 1.15. The molecular formula is C8H7Cl2N3S2. The molecule has 0 aromatic carbocycles. The molecule has 1 N–H and O–H groups in total. The molecule has 3 nitrogen and oxygen atoms in total. The van der Waals surface area contributed by atoms with Gasteiger partial charge in [0.15, 0.2) is 8.93 Å². The Bertz CT molecular complexity index is 400. The third-order valence-electron chi connectivity index (χ3n) is 1.65. The molecular weight excluding hydrogens is 273 g/mol. The zero-order valence-electron chi connectivity index (χ0n) is 7.54. The molecule has 0 unspecified atom stereocenters. The molecule has 0 aliphatic carbocycles. The van der Waals surface area contributed by atoms with Crippen molar-refractivity contribution in [3.8, 4) is 0 Å². The normalized spacial score (nSPS) is 10.8. The van der Waals surface area contributed by atoms with Crippen molar-refractivity contribution in [1.29, 1.82) is 0 Å². The highest BCUT2D eigenvalue weighted by Gasteiger charge is 2.01. The summed E-state index contributed by atoms with van der Waals surface area (Å²) in [6.07, 6.45) is 3.55. The van der Waals surface area contributed by atoms with Crippen LogP contribution in [-0.2, 0) is 13.1 Å². The van der Waals surface area contributed by atoms with Gasteiger partial charge in [0.05, 0.1) is 0 Å². The van der Waals surface area contributed by atoms with Crippen molar-refractivity contribution in [2.24, 2.45) is 0 Å². The third kappa shape index (κ3) is 3.39. The largest absolute Gasteiger partial charge is 0.307 e. The Morgan fingerprint density at radius 2 is 1.47 bits per heavy atom. The van der Waals surface area contributed by atoms with E-state index in [2.05, 4.69) is 15.3 Å². The van der Waals surface area contributed by atoms with E-state index in [0.29, 0.717) is 8.93 Å². The lowest BCUT2D eigenvalue weighted by molar-refractivity contribution is 0.707. The van der Waals surface area contributed by atoms with Gasteiger partial charge in [0.25, 0.3) is 0 Å². The van der Waals surface area contributed by atoms with Crippen LogP contribution in [0, 0.1) is 0 Å². The fourth-order valence-electron chi connectivity index (χ4n) is 1.04. The maximum Gasteiger partial charge on any atom is 0.183 e. The Balaban J connectivity index is 1.80. The van der Waals surface area contributed by atoms with Gasteiger partial charge in [-0.3, -0.25) is 0 Å². The van der Waals surface area contributed by atoms with E-state index in [9.17, 15) is 0 Å². The third-order valence-corrected chi connectivity index (χ3v) is 3.88. The molecule has 0 fully saturated rings. The quantitative estimate of drug-likeness (QED) is 0.934. The lowest BCUT2D eigenvalue weighted by Crippen LogP contribution is -2.10. The summed E-state index contributed by atoms with van der Waals surface area (Å²) in [5, 5.41) is 3.27. The molecule has 0 bridgehead atoms. The molecule has 2 heterocycles. The highest BCUT2D eigenvalue weighted by Crippen LogP contribution is 2.19. The van der Waals surface area contributed by atoms with Crippen LogP contribution >= 0.6 is 45.9 Å². The van der Waals surface area contributed by atoms with Gasteiger partial charge in [0, 0.05) is 35.2 Å². The Labute approximate surface area is 105 Å². The maximum atomic E-state index is 5.71. The van der Waals surface area contributed by atoms with Crippen molar-refractivity contribution in [2.75, 3.05) is 0 Å². The highest BCUT2D eigenvalue weighted by atomic mass is 35.5. The second-order valence-corrected chi connectivity index (χ2v) is 6.16. The predicted octanol–water partition coefficient (Wildman–Crippen LogP) is 3.20. The summed E-state index contributed by atoms with van der Waals surface area (Å²) in [6.45, 7) is 1.53. The Hall–Kier alpha value is -0.200. The summed E-state index contributed by atoms with van der Waals surface area (Å²) in [6, 6.07) is 0. The lowest BCUT2D eigenvalue weighted by atomic mass is 10.5. The molecule has 2 rings (SSSR count). The van der Waals surface area contributed by atoms with Crippen molar-refractivity contribution in [3.05, 3.63) is 31.1 Å². The van der Waals surface area contributed by atoms with Crippen LogP contribution in [0.2, 0.25) is 8.93 Å². The lowest BCUT2D eigenvalue weighted by Gasteiger charge is -1.98. The molecule has 0 amide bonds. The van der Waals surface area contributed by atoms with Crippen LogP contribution in [0.4, 0.5) is 0 Å². The molecule has 0 saturated carbocycles. The van der Waals surface area contributed by atoms with E-state index < -0.39 is 0 Å². The minimum absolute atomic E-state index is 0.577. The first-order chi connectivity index (χ1) is 7.24. The zero-order chi connectivity index (χ0) is 10.7. The molecule has 0 atom stereocenters. The number of aromatic nitrogens is 2. The maximum absolute atomic E-state index is 5.71. The second-order valence-electron chi connectivity index (χ2n) is 2.76. The van der Waals surface area contributed by atoms with Gasteiger partial charge in [0.2, 0.25) is 0 Å². The number of hydrogen-bond acceptors (Lipinski definition) is 5. The first kappa shape index (κ1) is 11.3. The van der Waals surface area contributed by atoms with Gasteiger partial charge >= 0.3 is 0 Å². The van der Waals surface area contributed by atoms with E-state index in [-0.39, 0.29) is 0 Å². The van der Waals surface area contributed by atoms with E-state index in [1.165, 1.54) is 22.7 Å². The highest BCUT2D eigenvalue weighted by molar-refractivity contribution is 7.16. The smallest absolute Gasteiger partial charge is 0.183 e. The fourth-order valence-corrected chi connectivity index (χ4v) is 2.93. The molecule has 15 heavy (non-hydrogen) atoms. The SMILES string of the molecule is Clc1ncc(CNCc2cnc(Cl)s2)s1. The van der Waals surface area contributed by atoms with Gasteiger partial charge in [-0.05, 0) is 0 Å². The number of nitrogens with one attached hydrogen (secondary N) is 1. The van der Waals surface area contributed by atoms with Crippen LogP contribution < -0.4 is 5.32 Å². The summed E-state index contributed by atoms with van der Waals surface area (Å²) in [4.78, 5) is 10.2. The standard InChI is InChI=1S/C8H7Cl2N3S2/c9-7-12-3-5(14-7)1-11-2-6-4-13-8(10)15-6/h3-4,11H,1-2H2. The molecule has 2 aromatic rings. The Kier molecular flexibility index (Phi) is 3.93. The van der Waals surface area contributed by atoms with Crippen LogP contribution in [0.15, 0.2) is 12.4 Å². The van der Waals surface area contributed by atoms with Gasteiger partial charge in [0.1, 0.15) is 0 Å². The predicted molar refractivity (Wildman–Crippen MR) is 64.8 cm³/mol. The van der Waals surface area contributed by atoms with E-state index in [1.54, 1.807) is 12.4 Å². The molecule has 0 aliphatic rings. The topological polar surface area (TPSA) is 37.8 Å². The van der Waals surface area contributed by atoms with E-state index in [0.717, 1.165) is 22.8 Å². The molecule has 80 valence electrons. The van der Waals surface area contributed by atoms with Crippen molar-refractivity contribution in [2.45, 2.75) is 13.1 Å². The number of hydrogen-bond donors (Lipinski definition) is 1. The van der Waals surface area contributed by atoms with Crippen LogP contribution in [-0.4, -0.2) is 9.97 Å². The average Bonchev–Trinajstić information content (AvgIpc) is 2.76. The molecule has 7 heteroatoms. The molecule has 0 radical (unpaired) electrons. The van der Waals surface area contributed by atoms with Crippen LogP contribution in [0.1, 0.15) is 9.75 Å². The summed E-state index contributed by atoms with van der Waals surface area (Å²) in [5.74, 6) is 0. The van der Waals surface area contributed by atoms with E-state index >= 15 is 0 Å². The van der Waals surface area contributed by atoms with Gasteiger partial charge < -0.3 is 5.32 Å². The minimum atomic E-state index is 0.577. The van der Waals surface area contributed by atoms with Gasteiger partial charge in [-0.15, -0.1) is 22.7 Å². The van der Waals surface area contributed by atoms with Crippen LogP contribution in [0.3, 0.4) is 0 Å². The minimum Gasteiger partial charge on any atom is -0.307 e. The van der Waals surface area contributed by atoms with Gasteiger partial charge in [-0.25, -0.2) is 9.97 Å². The van der Waals surface area contributed by atoms with E-state index in [1.807, 2.05) is 0 Å². The average molecular weight is 280 g/mol. The van der Waals surface area contributed by atoms with Crippen molar-refractivity contribution in [3.63, 3.8) is 0 Å². The first-order valence-electron chi connectivity index (χ1n) is 4.15. The molecule has 0 saturated heterocycles. The molecule has 0 aliphatic heterocycles. The Morgan fingerprint density at radius 1 is 1.00 bits per heavy atom. The number of nitrogens with zero attached hydrogens (tertiary/aromatic N) is 2. The molecule has 2 aromatic heterocycles. The summed E-state index contributed by atoms with van der Waals surface area (Å²) >= 11 is 14.4. The van der Waals surface area contributed by atoms with Crippen LogP contribution in [0.5, 0.6) is 0 Å². The van der Waals surface area contributed by atoms with Crippen molar-refractivity contribution in [1.82, 2.24) is 15.3 Å². The van der Waals surface area contributed by atoms with Gasteiger partial charge in [-0.2, -0.15) is 0 Å². The van der Waals surface area contributed by atoms with Gasteiger partial charge in [-0.1, -0.05) is 23.2 Å². The summed E-state index contributed by atoms with van der Waals surface area (Å²) in [7, 11) is 0. The van der Waals surface area contributed by atoms with Crippen molar-refractivity contribution >= 4 is 45.9 Å². The first-order valence-corrected chi connectivity index (χ1v) is 6.54. The van der Waals surface area contributed by atoms with Crippen molar-refractivity contribution < 1.29 is 0 Å². The Morgan fingerprint density at radius 3 is 1.80 bits per heavy atom. The van der Waals surface area contributed by atoms with E-state index in [4.69, 9.17) is 23.2 Å². The number of halogens is 2. The second kappa shape index (κ2) is 5.23. The fraction of sp³-hybridized carbons (Fsp3) is 0.250. The zero-order valence-corrected chi connectivity index (χ0v) is 10.7. The summed E-state index contributed by atoms with van der Waals surface area (Å²) in [5.41, 5.74) is 0. The van der Waals surface area contributed by atoms with Crippen LogP contribution in [0.25, 0.3) is 0 Å². The monoisotopic (exact) mass is 279 g/mol. The number of thiazole rings is 2. The molecule has 0 spiro atoms. The number of rotatable bonds is 4.